The average Bonchev–Trinajstić information content (AvgIpc) is 3.00. The monoisotopic (exact) mass is 297 g/mol. The van der Waals surface area contributed by atoms with E-state index in [-0.39, 0.29) is 6.10 Å². The number of aromatic nitrogens is 4. The fourth-order valence-corrected chi connectivity index (χ4v) is 2.44. The first kappa shape index (κ1) is 12.9. The highest BCUT2D eigenvalue weighted by atomic mass is 16.6. The lowest BCUT2D eigenvalue weighted by atomic mass is 10.2. The number of nitrogens with zero attached hydrogens (tertiary/aromatic N) is 4. The van der Waals surface area contributed by atoms with Gasteiger partial charge in [0.25, 0.3) is 5.78 Å². The minimum absolute atomic E-state index is 0.0676. The quantitative estimate of drug-likeness (QED) is 0.793. The van der Waals surface area contributed by atoms with Gasteiger partial charge in [-0.25, -0.2) is 4.98 Å². The van der Waals surface area contributed by atoms with Crippen LogP contribution < -0.4 is 14.8 Å². The zero-order chi connectivity index (χ0) is 14.9. The fourth-order valence-electron chi connectivity index (χ4n) is 2.44. The molecule has 22 heavy (non-hydrogen) atoms. The molecule has 3 aromatic rings. The molecule has 1 aliphatic heterocycles. The molecule has 0 radical (unpaired) electrons. The molecule has 0 fully saturated rings. The highest BCUT2D eigenvalue weighted by molar-refractivity contribution is 5.45. The lowest BCUT2D eigenvalue weighted by Crippen LogP contribution is -2.35. The highest BCUT2D eigenvalue weighted by Crippen LogP contribution is 2.30. The van der Waals surface area contributed by atoms with Crippen LogP contribution >= 0.6 is 0 Å². The molecule has 7 heteroatoms. The number of anilines is 1. The van der Waals surface area contributed by atoms with Crippen molar-refractivity contribution in [2.24, 2.45) is 0 Å². The minimum Gasteiger partial charge on any atom is -0.486 e. The number of para-hydroxylation sites is 2. The van der Waals surface area contributed by atoms with Crippen molar-refractivity contribution in [3.05, 3.63) is 42.4 Å². The molecule has 0 spiro atoms. The molecule has 1 unspecified atom stereocenters. The van der Waals surface area contributed by atoms with Crippen molar-refractivity contribution in [1.29, 1.82) is 0 Å². The number of rotatable bonds is 3. The van der Waals surface area contributed by atoms with Gasteiger partial charge in [-0.15, -0.1) is 0 Å². The van der Waals surface area contributed by atoms with Crippen molar-refractivity contribution >= 4 is 11.6 Å². The van der Waals surface area contributed by atoms with Crippen LogP contribution in [-0.4, -0.2) is 38.8 Å². The summed E-state index contributed by atoms with van der Waals surface area (Å²) < 4.78 is 13.3. The van der Waals surface area contributed by atoms with E-state index in [1.807, 2.05) is 37.3 Å². The van der Waals surface area contributed by atoms with Gasteiger partial charge in [0.15, 0.2) is 11.5 Å². The van der Waals surface area contributed by atoms with Crippen molar-refractivity contribution in [3.63, 3.8) is 0 Å². The molecule has 4 rings (SSSR count). The van der Waals surface area contributed by atoms with Crippen molar-refractivity contribution in [3.8, 4) is 11.5 Å². The first-order valence-electron chi connectivity index (χ1n) is 7.09. The van der Waals surface area contributed by atoms with E-state index in [4.69, 9.17) is 9.47 Å². The van der Waals surface area contributed by atoms with E-state index in [0.29, 0.717) is 18.9 Å². The molecular weight excluding hydrogens is 282 g/mol. The first-order valence-corrected chi connectivity index (χ1v) is 7.09. The highest BCUT2D eigenvalue weighted by Gasteiger charge is 2.20. The molecule has 7 nitrogen and oxygen atoms in total. The van der Waals surface area contributed by atoms with E-state index in [2.05, 4.69) is 20.4 Å². The van der Waals surface area contributed by atoms with Gasteiger partial charge in [0.2, 0.25) is 0 Å². The Morgan fingerprint density at radius 2 is 2.18 bits per heavy atom. The molecule has 1 N–H and O–H groups in total. The van der Waals surface area contributed by atoms with Crippen LogP contribution in [0.2, 0.25) is 0 Å². The summed E-state index contributed by atoms with van der Waals surface area (Å²) in [7, 11) is 0. The molecule has 1 atom stereocenters. The molecule has 3 heterocycles. The Morgan fingerprint density at radius 1 is 1.32 bits per heavy atom. The molecule has 112 valence electrons. The van der Waals surface area contributed by atoms with E-state index < -0.39 is 0 Å². The number of hydrogen-bond acceptors (Lipinski definition) is 6. The van der Waals surface area contributed by atoms with E-state index in [0.717, 1.165) is 23.0 Å². The molecule has 1 aromatic carbocycles. The number of benzene rings is 1. The Balaban J connectivity index is 1.50. The second-order valence-electron chi connectivity index (χ2n) is 5.13. The lowest BCUT2D eigenvalue weighted by Gasteiger charge is -2.26. The van der Waals surface area contributed by atoms with Crippen molar-refractivity contribution in [2.45, 2.75) is 13.0 Å². The predicted molar refractivity (Wildman–Crippen MR) is 80.4 cm³/mol. The zero-order valence-corrected chi connectivity index (χ0v) is 12.1. The van der Waals surface area contributed by atoms with Gasteiger partial charge in [0.1, 0.15) is 24.9 Å². The van der Waals surface area contributed by atoms with Gasteiger partial charge in [-0.2, -0.15) is 14.6 Å². The first-order chi connectivity index (χ1) is 10.8. The molecule has 0 amide bonds. The third kappa shape index (κ3) is 2.30. The average molecular weight is 297 g/mol. The SMILES string of the molecule is Cc1cc(NCC2COc3ccccc3O2)n2ncnc2n1. The predicted octanol–water partition coefficient (Wildman–Crippen LogP) is 1.68. The Hall–Kier alpha value is -2.83. The summed E-state index contributed by atoms with van der Waals surface area (Å²) in [6.07, 6.45) is 1.42. The van der Waals surface area contributed by atoms with Gasteiger partial charge in [-0.3, -0.25) is 0 Å². The third-order valence-electron chi connectivity index (χ3n) is 3.46. The number of ether oxygens (including phenoxy) is 2. The topological polar surface area (TPSA) is 73.6 Å². The summed E-state index contributed by atoms with van der Waals surface area (Å²) in [5, 5.41) is 7.50. The van der Waals surface area contributed by atoms with Gasteiger partial charge >= 0.3 is 0 Å². The minimum atomic E-state index is -0.0676. The maximum absolute atomic E-state index is 5.93. The summed E-state index contributed by atoms with van der Waals surface area (Å²) >= 11 is 0. The van der Waals surface area contributed by atoms with Crippen molar-refractivity contribution in [2.75, 3.05) is 18.5 Å². The van der Waals surface area contributed by atoms with Crippen LogP contribution in [0.1, 0.15) is 5.69 Å². The maximum atomic E-state index is 5.93. The second-order valence-corrected chi connectivity index (χ2v) is 5.13. The van der Waals surface area contributed by atoms with E-state index in [1.54, 1.807) is 4.52 Å². The van der Waals surface area contributed by atoms with Gasteiger partial charge in [-0.1, -0.05) is 12.1 Å². The van der Waals surface area contributed by atoms with Crippen LogP contribution in [0.25, 0.3) is 5.78 Å². The number of fused-ring (bicyclic) bond motifs is 2. The van der Waals surface area contributed by atoms with E-state index in [1.165, 1.54) is 6.33 Å². The lowest BCUT2D eigenvalue weighted by molar-refractivity contribution is 0.0997. The molecule has 1 aliphatic rings. The fraction of sp³-hybridized carbons (Fsp3) is 0.267. The summed E-state index contributed by atoms with van der Waals surface area (Å²) in [6.45, 7) is 3.04. The van der Waals surface area contributed by atoms with Gasteiger partial charge in [0, 0.05) is 11.8 Å². The maximum Gasteiger partial charge on any atom is 0.254 e. The van der Waals surface area contributed by atoms with Gasteiger partial charge in [-0.05, 0) is 19.1 Å². The van der Waals surface area contributed by atoms with Crippen molar-refractivity contribution < 1.29 is 9.47 Å². The molecule has 0 saturated heterocycles. The van der Waals surface area contributed by atoms with Crippen LogP contribution in [0, 0.1) is 6.92 Å². The summed E-state index contributed by atoms with van der Waals surface area (Å²) in [4.78, 5) is 8.42. The normalized spacial score (nSPS) is 16.7. The smallest absolute Gasteiger partial charge is 0.254 e. The second kappa shape index (κ2) is 5.18. The Kier molecular flexibility index (Phi) is 3.03. The van der Waals surface area contributed by atoms with E-state index in [9.17, 15) is 0 Å². The van der Waals surface area contributed by atoms with Crippen LogP contribution in [0.5, 0.6) is 11.5 Å². The Bertz CT molecular complexity index is 817. The number of hydrogen-bond donors (Lipinski definition) is 1. The van der Waals surface area contributed by atoms with E-state index >= 15 is 0 Å². The molecule has 0 bridgehead atoms. The third-order valence-corrected chi connectivity index (χ3v) is 3.46. The largest absolute Gasteiger partial charge is 0.486 e. The number of nitrogens with one attached hydrogen (secondary N) is 1. The molecule has 2 aromatic heterocycles. The van der Waals surface area contributed by atoms with Crippen LogP contribution in [0.15, 0.2) is 36.7 Å². The summed E-state index contributed by atoms with van der Waals surface area (Å²) in [5.41, 5.74) is 0.883. The van der Waals surface area contributed by atoms with Crippen LogP contribution in [0.3, 0.4) is 0 Å². The molecular formula is C15H15N5O2. The standard InChI is InChI=1S/C15H15N5O2/c1-10-6-14(20-15(19-10)17-9-18-20)16-7-11-8-21-12-4-2-3-5-13(12)22-11/h2-6,9,11,16H,7-8H2,1H3. The molecule has 0 saturated carbocycles. The summed E-state index contributed by atoms with van der Waals surface area (Å²) in [5.74, 6) is 2.98. The van der Waals surface area contributed by atoms with Gasteiger partial charge < -0.3 is 14.8 Å². The van der Waals surface area contributed by atoms with Crippen LogP contribution in [-0.2, 0) is 0 Å². The molecule has 0 aliphatic carbocycles. The Morgan fingerprint density at radius 3 is 3.09 bits per heavy atom. The zero-order valence-electron chi connectivity index (χ0n) is 12.1. The Labute approximate surface area is 126 Å². The van der Waals surface area contributed by atoms with Crippen molar-refractivity contribution in [1.82, 2.24) is 19.6 Å². The number of aryl methyl sites for hydroxylation is 1. The van der Waals surface area contributed by atoms with Gasteiger partial charge in [0.05, 0.1) is 6.54 Å². The van der Waals surface area contributed by atoms with Crippen LogP contribution in [0.4, 0.5) is 5.82 Å². The summed E-state index contributed by atoms with van der Waals surface area (Å²) in [6, 6.07) is 9.61.